The fraction of sp³-hybridized carbons (Fsp3) is 0.130. The molecule has 0 atom stereocenters. The van der Waals surface area contributed by atoms with Gasteiger partial charge in [0.05, 0.1) is 28.0 Å². The van der Waals surface area contributed by atoms with E-state index in [1.54, 1.807) is 22.8 Å². The van der Waals surface area contributed by atoms with Crippen molar-refractivity contribution >= 4 is 22.6 Å². The minimum absolute atomic E-state index is 0.0520. The largest absolute Gasteiger partial charge is 0.416 e. The summed E-state index contributed by atoms with van der Waals surface area (Å²) in [6.45, 7) is 3.80. The molecule has 0 unspecified atom stereocenters. The lowest BCUT2D eigenvalue weighted by Gasteiger charge is -2.16. The van der Waals surface area contributed by atoms with Crippen LogP contribution in [0.4, 0.5) is 18.9 Å². The lowest BCUT2D eigenvalue weighted by atomic mass is 10.1. The first-order chi connectivity index (χ1) is 14.2. The molecule has 0 aliphatic heterocycles. The summed E-state index contributed by atoms with van der Waals surface area (Å²) in [5.74, 6) is -0.483. The maximum Gasteiger partial charge on any atom is 0.416 e. The van der Waals surface area contributed by atoms with Gasteiger partial charge >= 0.3 is 6.18 Å². The first-order valence-electron chi connectivity index (χ1n) is 9.26. The summed E-state index contributed by atoms with van der Waals surface area (Å²) in [6, 6.07) is 15.7. The van der Waals surface area contributed by atoms with E-state index in [-0.39, 0.29) is 5.69 Å². The number of aromatic nitrogens is 2. The Morgan fingerprint density at radius 3 is 2.47 bits per heavy atom. The van der Waals surface area contributed by atoms with E-state index in [1.807, 2.05) is 38.1 Å². The van der Waals surface area contributed by atoms with E-state index in [1.165, 1.54) is 12.4 Å². The highest BCUT2D eigenvalue weighted by Gasteiger charge is 2.31. The van der Waals surface area contributed by atoms with Gasteiger partial charge in [-0.25, -0.2) is 4.98 Å². The van der Waals surface area contributed by atoms with Crippen LogP contribution in [0.25, 0.3) is 16.7 Å². The fourth-order valence-electron chi connectivity index (χ4n) is 3.25. The fourth-order valence-corrected chi connectivity index (χ4v) is 3.25. The molecular formula is C23H18F3N3O. The van der Waals surface area contributed by atoms with Crippen molar-refractivity contribution in [2.45, 2.75) is 20.0 Å². The predicted octanol–water partition coefficient (Wildman–Crippen LogP) is 5.91. The molecule has 0 fully saturated rings. The molecule has 0 aliphatic rings. The summed E-state index contributed by atoms with van der Waals surface area (Å²) in [6.07, 6.45) is -3.01. The van der Waals surface area contributed by atoms with Crippen LogP contribution >= 0.6 is 0 Å². The minimum atomic E-state index is -4.53. The highest BCUT2D eigenvalue weighted by molar-refractivity contribution is 6.05. The molecule has 0 saturated heterocycles. The maximum absolute atomic E-state index is 13.3. The van der Waals surface area contributed by atoms with Gasteiger partial charge in [-0.1, -0.05) is 18.2 Å². The Hall–Kier alpha value is -3.61. The summed E-state index contributed by atoms with van der Waals surface area (Å²) < 4.78 is 41.6. The van der Waals surface area contributed by atoms with Gasteiger partial charge in [-0.2, -0.15) is 13.2 Å². The Kier molecular flexibility index (Phi) is 4.81. The number of amides is 1. The number of para-hydroxylation sites is 2. The molecule has 1 N–H and O–H groups in total. The second kappa shape index (κ2) is 7.33. The smallest absolute Gasteiger partial charge is 0.320 e. The van der Waals surface area contributed by atoms with Crippen LogP contribution in [-0.2, 0) is 6.18 Å². The van der Waals surface area contributed by atoms with Crippen molar-refractivity contribution in [3.8, 4) is 5.69 Å². The molecule has 4 rings (SSSR count). The molecule has 7 heteroatoms. The van der Waals surface area contributed by atoms with E-state index in [0.29, 0.717) is 16.8 Å². The van der Waals surface area contributed by atoms with Crippen molar-refractivity contribution < 1.29 is 18.0 Å². The third kappa shape index (κ3) is 3.66. The molecule has 30 heavy (non-hydrogen) atoms. The van der Waals surface area contributed by atoms with Crippen LogP contribution < -0.4 is 5.32 Å². The van der Waals surface area contributed by atoms with Gasteiger partial charge in [-0.3, -0.25) is 9.36 Å². The van der Waals surface area contributed by atoms with Gasteiger partial charge < -0.3 is 5.32 Å². The number of fused-ring (bicyclic) bond motifs is 1. The molecular weight excluding hydrogens is 391 g/mol. The quantitative estimate of drug-likeness (QED) is 0.457. The summed E-state index contributed by atoms with van der Waals surface area (Å²) in [4.78, 5) is 17.1. The number of halogens is 3. The summed E-state index contributed by atoms with van der Waals surface area (Å²) in [5.41, 5.74) is 3.35. The number of rotatable bonds is 3. The van der Waals surface area contributed by atoms with Gasteiger partial charge in [0.1, 0.15) is 6.33 Å². The highest BCUT2D eigenvalue weighted by atomic mass is 19.4. The van der Waals surface area contributed by atoms with E-state index < -0.39 is 17.6 Å². The molecule has 0 spiro atoms. The van der Waals surface area contributed by atoms with Crippen LogP contribution in [0.2, 0.25) is 0 Å². The number of benzene rings is 3. The Morgan fingerprint density at radius 2 is 1.73 bits per heavy atom. The van der Waals surface area contributed by atoms with Crippen molar-refractivity contribution in [2.75, 3.05) is 5.32 Å². The molecule has 0 aliphatic carbocycles. The summed E-state index contributed by atoms with van der Waals surface area (Å²) in [5, 5.41) is 2.65. The molecule has 4 nitrogen and oxygen atoms in total. The first-order valence-corrected chi connectivity index (χ1v) is 9.26. The van der Waals surface area contributed by atoms with Gasteiger partial charge in [-0.05, 0) is 67.4 Å². The molecule has 152 valence electrons. The number of carbonyl (C=O) groups excluding carboxylic acids is 1. The van der Waals surface area contributed by atoms with Crippen LogP contribution in [0.5, 0.6) is 0 Å². The average Bonchev–Trinajstić information content (AvgIpc) is 3.13. The first kappa shape index (κ1) is 19.7. The van der Waals surface area contributed by atoms with E-state index >= 15 is 0 Å². The lowest BCUT2D eigenvalue weighted by Crippen LogP contribution is -2.15. The normalized spacial score (nSPS) is 11.6. The average molecular weight is 409 g/mol. The van der Waals surface area contributed by atoms with Gasteiger partial charge in [0, 0.05) is 5.56 Å². The number of anilines is 1. The Bertz CT molecular complexity index is 1260. The van der Waals surface area contributed by atoms with Gasteiger partial charge in [0.15, 0.2) is 0 Å². The van der Waals surface area contributed by atoms with Crippen LogP contribution in [0.1, 0.15) is 27.0 Å². The number of nitrogens with one attached hydrogen (secondary N) is 1. The molecule has 0 radical (unpaired) electrons. The van der Waals surface area contributed by atoms with Gasteiger partial charge in [0.25, 0.3) is 5.91 Å². The lowest BCUT2D eigenvalue weighted by molar-refractivity contribution is -0.137. The highest BCUT2D eigenvalue weighted by Crippen LogP contribution is 2.34. The van der Waals surface area contributed by atoms with Crippen molar-refractivity contribution in [2.24, 2.45) is 0 Å². The van der Waals surface area contributed by atoms with Crippen LogP contribution in [0, 0.1) is 13.8 Å². The van der Waals surface area contributed by atoms with E-state index in [9.17, 15) is 18.0 Å². The minimum Gasteiger partial charge on any atom is -0.320 e. The molecule has 1 amide bonds. The Balaban J connectivity index is 1.81. The molecule has 4 aromatic rings. The Labute approximate surface area is 171 Å². The van der Waals surface area contributed by atoms with Crippen molar-refractivity contribution in [1.29, 1.82) is 0 Å². The number of alkyl halides is 3. The van der Waals surface area contributed by atoms with Crippen molar-refractivity contribution in [3.63, 3.8) is 0 Å². The molecule has 3 aromatic carbocycles. The van der Waals surface area contributed by atoms with Gasteiger partial charge in [0.2, 0.25) is 0 Å². The Morgan fingerprint density at radius 1 is 0.967 bits per heavy atom. The second-order valence-electron chi connectivity index (χ2n) is 7.09. The number of hydrogen-bond acceptors (Lipinski definition) is 2. The van der Waals surface area contributed by atoms with Crippen LogP contribution in [0.3, 0.4) is 0 Å². The monoisotopic (exact) mass is 409 g/mol. The van der Waals surface area contributed by atoms with Crippen molar-refractivity contribution in [3.05, 3.63) is 89.2 Å². The zero-order valence-corrected chi connectivity index (χ0v) is 16.3. The molecule has 1 aromatic heterocycles. The van der Waals surface area contributed by atoms with Crippen LogP contribution in [0.15, 0.2) is 67.0 Å². The summed E-state index contributed by atoms with van der Waals surface area (Å²) in [7, 11) is 0. The zero-order valence-electron chi connectivity index (χ0n) is 16.3. The standard InChI is InChI=1S/C23H18F3N3O/c1-14-7-8-16(11-15(14)2)22(30)28-19-12-17(23(24,25)26)9-10-21(19)29-13-27-18-5-3-4-6-20(18)29/h3-13H,1-2H3,(H,28,30). The third-order valence-electron chi connectivity index (χ3n) is 5.05. The van der Waals surface area contributed by atoms with Gasteiger partial charge in [-0.15, -0.1) is 0 Å². The summed E-state index contributed by atoms with van der Waals surface area (Å²) >= 11 is 0. The number of imidazole rings is 1. The van der Waals surface area contributed by atoms with Crippen molar-refractivity contribution in [1.82, 2.24) is 9.55 Å². The van der Waals surface area contributed by atoms with E-state index in [2.05, 4.69) is 10.3 Å². The van der Waals surface area contributed by atoms with E-state index in [4.69, 9.17) is 0 Å². The maximum atomic E-state index is 13.3. The zero-order chi connectivity index (χ0) is 21.5. The number of aryl methyl sites for hydroxylation is 2. The number of nitrogens with zero attached hydrogens (tertiary/aromatic N) is 2. The second-order valence-corrected chi connectivity index (χ2v) is 7.09. The predicted molar refractivity (Wildman–Crippen MR) is 110 cm³/mol. The number of carbonyl (C=O) groups is 1. The topological polar surface area (TPSA) is 46.9 Å². The molecule has 1 heterocycles. The SMILES string of the molecule is Cc1ccc(C(=O)Nc2cc(C(F)(F)F)ccc2-n2cnc3ccccc32)cc1C. The molecule has 0 bridgehead atoms. The van der Waals surface area contributed by atoms with E-state index in [0.717, 1.165) is 28.8 Å². The van der Waals surface area contributed by atoms with Crippen LogP contribution in [-0.4, -0.2) is 15.5 Å². The number of hydrogen-bond donors (Lipinski definition) is 1. The third-order valence-corrected chi connectivity index (χ3v) is 5.05. The molecule has 0 saturated carbocycles.